The Morgan fingerprint density at radius 2 is 2.27 bits per heavy atom. The van der Waals surface area contributed by atoms with Crippen molar-refractivity contribution in [2.24, 2.45) is 0 Å². The van der Waals surface area contributed by atoms with Crippen molar-refractivity contribution in [2.45, 2.75) is 19.8 Å². The zero-order chi connectivity index (χ0) is 7.94. The maximum Gasteiger partial charge on any atom is -0.00913 e. The lowest BCUT2D eigenvalue weighted by Crippen LogP contribution is -1.78. The third-order valence-corrected chi connectivity index (χ3v) is 1.51. The average molecular weight is 145 g/mol. The highest BCUT2D eigenvalue weighted by Crippen LogP contribution is 1.99. The van der Waals surface area contributed by atoms with Gasteiger partial charge in [0.15, 0.2) is 0 Å². The molecule has 0 saturated heterocycles. The van der Waals surface area contributed by atoms with Crippen molar-refractivity contribution >= 4 is 0 Å². The van der Waals surface area contributed by atoms with E-state index in [-0.39, 0.29) is 0 Å². The molecule has 0 spiro atoms. The summed E-state index contributed by atoms with van der Waals surface area (Å²) < 4.78 is 0. The van der Waals surface area contributed by atoms with Crippen LogP contribution in [0.2, 0.25) is 0 Å². The third kappa shape index (κ3) is 3.03. The molecular formula is C11H13. The van der Waals surface area contributed by atoms with E-state index in [2.05, 4.69) is 31.2 Å². The van der Waals surface area contributed by atoms with Gasteiger partial charge in [-0.15, -0.1) is 0 Å². The maximum absolute atomic E-state index is 3.18. The number of hydrogen-bond donors (Lipinski definition) is 0. The summed E-state index contributed by atoms with van der Waals surface area (Å²) in [5, 5.41) is 0. The second-order valence-electron chi connectivity index (χ2n) is 2.47. The predicted molar refractivity (Wildman–Crippen MR) is 48.4 cm³/mol. The Balaban J connectivity index is 2.45. The Hall–Kier alpha value is -1.04. The van der Waals surface area contributed by atoms with Crippen molar-refractivity contribution in [1.29, 1.82) is 0 Å². The standard InChI is InChI=1S/C11H13/c1-2-3-5-8-11-9-6-4-7-10-11/h3-7,9H,2,8H2,1H3. The van der Waals surface area contributed by atoms with E-state index in [1.807, 2.05) is 18.2 Å². The molecule has 0 aliphatic heterocycles. The second-order valence-corrected chi connectivity index (χ2v) is 2.47. The van der Waals surface area contributed by atoms with Crippen molar-refractivity contribution in [3.8, 4) is 0 Å². The van der Waals surface area contributed by atoms with Crippen molar-refractivity contribution in [1.82, 2.24) is 0 Å². The molecule has 1 rings (SSSR count). The Morgan fingerprint density at radius 1 is 1.36 bits per heavy atom. The molecule has 0 aliphatic rings. The smallest absolute Gasteiger partial charge is 0.00913 e. The first-order valence-corrected chi connectivity index (χ1v) is 4.04. The lowest BCUT2D eigenvalue weighted by Gasteiger charge is -1.92. The molecule has 1 aromatic rings. The second kappa shape index (κ2) is 4.73. The fourth-order valence-corrected chi connectivity index (χ4v) is 0.934. The van der Waals surface area contributed by atoms with Crippen LogP contribution in [0.4, 0.5) is 0 Å². The molecule has 0 aliphatic carbocycles. The van der Waals surface area contributed by atoms with E-state index in [1.54, 1.807) is 0 Å². The molecule has 57 valence electrons. The van der Waals surface area contributed by atoms with Crippen LogP contribution in [-0.2, 0) is 6.42 Å². The largest absolute Gasteiger partial charge is 0.0885 e. The zero-order valence-electron chi connectivity index (χ0n) is 6.88. The molecule has 0 aromatic heterocycles. The van der Waals surface area contributed by atoms with Gasteiger partial charge in [0.25, 0.3) is 0 Å². The Bertz CT molecular complexity index is 209. The van der Waals surface area contributed by atoms with Crippen molar-refractivity contribution in [3.05, 3.63) is 48.0 Å². The van der Waals surface area contributed by atoms with E-state index in [4.69, 9.17) is 0 Å². The summed E-state index contributed by atoms with van der Waals surface area (Å²) in [7, 11) is 0. The minimum absolute atomic E-state index is 1.01. The molecule has 0 amide bonds. The first-order valence-electron chi connectivity index (χ1n) is 4.04. The molecule has 0 heteroatoms. The van der Waals surface area contributed by atoms with Crippen LogP contribution in [0.1, 0.15) is 18.9 Å². The summed E-state index contributed by atoms with van der Waals surface area (Å²) in [5.74, 6) is 0. The SMILES string of the molecule is CCC=CCc1[c]cccc1. The molecule has 0 heterocycles. The van der Waals surface area contributed by atoms with Crippen LogP contribution >= 0.6 is 0 Å². The first kappa shape index (κ1) is 8.06. The van der Waals surface area contributed by atoms with Crippen molar-refractivity contribution in [2.75, 3.05) is 0 Å². The van der Waals surface area contributed by atoms with Gasteiger partial charge in [-0.3, -0.25) is 0 Å². The number of rotatable bonds is 3. The summed E-state index contributed by atoms with van der Waals surface area (Å²) in [6, 6.07) is 11.3. The van der Waals surface area contributed by atoms with Crippen LogP contribution < -0.4 is 0 Å². The van der Waals surface area contributed by atoms with Gasteiger partial charge in [-0.25, -0.2) is 0 Å². The lowest BCUT2D eigenvalue weighted by atomic mass is 10.1. The van der Waals surface area contributed by atoms with Crippen LogP contribution in [0.25, 0.3) is 0 Å². The summed E-state index contributed by atoms with van der Waals surface area (Å²) in [4.78, 5) is 0. The molecule has 0 atom stereocenters. The van der Waals surface area contributed by atoms with Gasteiger partial charge in [0.1, 0.15) is 0 Å². The van der Waals surface area contributed by atoms with Gasteiger partial charge in [-0.05, 0) is 24.5 Å². The average Bonchev–Trinajstić information content (AvgIpc) is 2.07. The topological polar surface area (TPSA) is 0 Å². The van der Waals surface area contributed by atoms with Crippen LogP contribution in [0.15, 0.2) is 36.4 Å². The highest BCUT2D eigenvalue weighted by Gasteiger charge is 1.84. The lowest BCUT2D eigenvalue weighted by molar-refractivity contribution is 1.18. The van der Waals surface area contributed by atoms with Crippen LogP contribution in [0.3, 0.4) is 0 Å². The van der Waals surface area contributed by atoms with Gasteiger partial charge in [0.2, 0.25) is 0 Å². The highest BCUT2D eigenvalue weighted by molar-refractivity contribution is 5.15. The van der Waals surface area contributed by atoms with Crippen LogP contribution in [0.5, 0.6) is 0 Å². The van der Waals surface area contributed by atoms with Crippen LogP contribution in [0, 0.1) is 6.07 Å². The third-order valence-electron chi connectivity index (χ3n) is 1.51. The number of hydrogen-bond acceptors (Lipinski definition) is 0. The summed E-state index contributed by atoms with van der Waals surface area (Å²) in [5.41, 5.74) is 1.26. The molecule has 0 nitrogen and oxygen atoms in total. The van der Waals surface area contributed by atoms with E-state index >= 15 is 0 Å². The molecule has 1 aromatic carbocycles. The monoisotopic (exact) mass is 145 g/mol. The van der Waals surface area contributed by atoms with Crippen molar-refractivity contribution < 1.29 is 0 Å². The molecule has 0 fully saturated rings. The van der Waals surface area contributed by atoms with Crippen molar-refractivity contribution in [3.63, 3.8) is 0 Å². The number of benzene rings is 1. The van der Waals surface area contributed by atoms with Gasteiger partial charge in [0, 0.05) is 0 Å². The quantitative estimate of drug-likeness (QED) is 0.573. The molecule has 0 saturated carbocycles. The van der Waals surface area contributed by atoms with Gasteiger partial charge in [-0.2, -0.15) is 0 Å². The van der Waals surface area contributed by atoms with Crippen LogP contribution in [-0.4, -0.2) is 0 Å². The zero-order valence-corrected chi connectivity index (χ0v) is 6.88. The molecule has 0 bridgehead atoms. The van der Waals surface area contributed by atoms with Gasteiger partial charge >= 0.3 is 0 Å². The number of allylic oxidation sites excluding steroid dienone is 2. The molecule has 0 N–H and O–H groups in total. The highest BCUT2D eigenvalue weighted by atomic mass is 13.9. The molecular weight excluding hydrogens is 132 g/mol. The molecule has 1 radical (unpaired) electrons. The van der Waals surface area contributed by atoms with Gasteiger partial charge in [-0.1, -0.05) is 43.3 Å². The van der Waals surface area contributed by atoms with E-state index < -0.39 is 0 Å². The minimum atomic E-state index is 1.01. The fourth-order valence-electron chi connectivity index (χ4n) is 0.934. The van der Waals surface area contributed by atoms with Gasteiger partial charge < -0.3 is 0 Å². The fraction of sp³-hybridized carbons (Fsp3) is 0.273. The Morgan fingerprint density at radius 3 is 2.91 bits per heavy atom. The maximum atomic E-state index is 3.18. The van der Waals surface area contributed by atoms with E-state index in [0.717, 1.165) is 12.8 Å². The Kier molecular flexibility index (Phi) is 3.46. The predicted octanol–water partition coefficient (Wildman–Crippen LogP) is 3.00. The summed E-state index contributed by atoms with van der Waals surface area (Å²) in [6.45, 7) is 2.14. The van der Waals surface area contributed by atoms with E-state index in [0.29, 0.717) is 0 Å². The molecule has 11 heavy (non-hydrogen) atoms. The first-order chi connectivity index (χ1) is 5.43. The molecule has 0 unspecified atom stereocenters. The van der Waals surface area contributed by atoms with E-state index in [9.17, 15) is 0 Å². The summed E-state index contributed by atoms with van der Waals surface area (Å²) in [6.07, 6.45) is 6.49. The van der Waals surface area contributed by atoms with E-state index in [1.165, 1.54) is 5.56 Å². The normalized spacial score (nSPS) is 10.6. The minimum Gasteiger partial charge on any atom is -0.0885 e. The van der Waals surface area contributed by atoms with Gasteiger partial charge in [0.05, 0.1) is 0 Å². The Labute approximate surface area is 68.6 Å². The summed E-state index contributed by atoms with van der Waals surface area (Å²) >= 11 is 0.